The predicted octanol–water partition coefficient (Wildman–Crippen LogP) is 2.96. The zero-order valence-corrected chi connectivity index (χ0v) is 9.59. The van der Waals surface area contributed by atoms with Crippen LogP contribution in [0.5, 0.6) is 0 Å². The maximum Gasteiger partial charge on any atom is 0.0439 e. The summed E-state index contributed by atoms with van der Waals surface area (Å²) in [5.41, 5.74) is 4.04. The summed E-state index contributed by atoms with van der Waals surface area (Å²) < 4.78 is 0. The Balaban J connectivity index is 3.06. The molecular weight excluding hydrogens is 172 g/mol. The minimum atomic E-state index is 0.0759. The van der Waals surface area contributed by atoms with Crippen LogP contribution in [0.25, 0.3) is 0 Å². The number of aliphatic hydroxyl groups is 1. The summed E-state index contributed by atoms with van der Waals surface area (Å²) in [5.74, 6) is 0. The molecule has 0 saturated carbocycles. The van der Waals surface area contributed by atoms with E-state index in [2.05, 4.69) is 45.9 Å². The van der Waals surface area contributed by atoms with Gasteiger partial charge >= 0.3 is 0 Å². The number of hydrogen-bond acceptors (Lipinski definition) is 1. The van der Waals surface area contributed by atoms with Crippen LogP contribution in [0.2, 0.25) is 0 Å². The van der Waals surface area contributed by atoms with E-state index in [9.17, 15) is 0 Å². The number of aliphatic hydroxyl groups excluding tert-OH is 1. The second kappa shape index (κ2) is 4.14. The molecule has 1 nitrogen and oxygen atoms in total. The summed E-state index contributed by atoms with van der Waals surface area (Å²) >= 11 is 0. The lowest BCUT2D eigenvalue weighted by Gasteiger charge is -2.26. The van der Waals surface area contributed by atoms with Gasteiger partial charge in [-0.25, -0.2) is 0 Å². The third-order valence-electron chi connectivity index (χ3n) is 2.85. The zero-order chi connectivity index (χ0) is 10.8. The molecule has 1 heteroatoms. The van der Waals surface area contributed by atoms with Gasteiger partial charge in [-0.1, -0.05) is 37.6 Å². The van der Waals surface area contributed by atoms with Gasteiger partial charge in [-0.2, -0.15) is 0 Å². The Kier molecular flexibility index (Phi) is 3.33. The van der Waals surface area contributed by atoms with Gasteiger partial charge in [-0.05, 0) is 36.8 Å². The molecule has 0 atom stereocenters. The summed E-state index contributed by atoms with van der Waals surface area (Å²) in [7, 11) is 0. The lowest BCUT2D eigenvalue weighted by atomic mass is 9.79. The second-order valence-corrected chi connectivity index (χ2v) is 4.68. The Morgan fingerprint density at radius 2 is 1.86 bits per heavy atom. The first-order valence-electron chi connectivity index (χ1n) is 5.16. The molecule has 0 aliphatic carbocycles. The molecule has 0 aliphatic rings. The van der Waals surface area contributed by atoms with Gasteiger partial charge in [0.05, 0.1) is 0 Å². The van der Waals surface area contributed by atoms with E-state index in [-0.39, 0.29) is 12.0 Å². The van der Waals surface area contributed by atoms with Crippen molar-refractivity contribution in [1.82, 2.24) is 0 Å². The van der Waals surface area contributed by atoms with Gasteiger partial charge < -0.3 is 5.11 Å². The largest absolute Gasteiger partial charge is 0.396 e. The average molecular weight is 192 g/mol. The Morgan fingerprint density at radius 3 is 2.36 bits per heavy atom. The topological polar surface area (TPSA) is 20.2 Å². The van der Waals surface area contributed by atoms with E-state index in [1.165, 1.54) is 16.7 Å². The van der Waals surface area contributed by atoms with Crippen molar-refractivity contribution < 1.29 is 5.11 Å². The Bertz CT molecular complexity index is 313. The minimum absolute atomic E-state index is 0.0759. The number of benzene rings is 1. The van der Waals surface area contributed by atoms with Crippen molar-refractivity contribution in [2.24, 2.45) is 0 Å². The first kappa shape index (κ1) is 11.3. The molecular formula is C13H20O. The van der Waals surface area contributed by atoms with Crippen molar-refractivity contribution in [2.75, 3.05) is 6.61 Å². The molecule has 1 aromatic carbocycles. The van der Waals surface area contributed by atoms with Crippen LogP contribution in [0.3, 0.4) is 0 Å². The maximum absolute atomic E-state index is 9.01. The molecule has 1 rings (SSSR count). The zero-order valence-electron chi connectivity index (χ0n) is 9.59. The quantitative estimate of drug-likeness (QED) is 0.780. The molecule has 0 radical (unpaired) electrons. The molecule has 14 heavy (non-hydrogen) atoms. The normalized spacial score (nSPS) is 11.8. The first-order valence-corrected chi connectivity index (χ1v) is 5.16. The summed E-state index contributed by atoms with van der Waals surface area (Å²) in [6, 6.07) is 6.52. The molecule has 0 aromatic heterocycles. The molecule has 0 heterocycles. The van der Waals surface area contributed by atoms with Gasteiger partial charge in [0.1, 0.15) is 0 Å². The fourth-order valence-corrected chi connectivity index (χ4v) is 1.99. The number of hydrogen-bond donors (Lipinski definition) is 1. The van der Waals surface area contributed by atoms with Gasteiger partial charge in [0.15, 0.2) is 0 Å². The Hall–Kier alpha value is -0.820. The summed E-state index contributed by atoms with van der Waals surface area (Å²) in [6.07, 6.45) is 0.816. The van der Waals surface area contributed by atoms with Crippen molar-refractivity contribution in [3.05, 3.63) is 34.9 Å². The van der Waals surface area contributed by atoms with Gasteiger partial charge in [-0.15, -0.1) is 0 Å². The Labute approximate surface area is 86.8 Å². The number of aryl methyl sites for hydroxylation is 2. The van der Waals surface area contributed by atoms with Gasteiger partial charge in [0.2, 0.25) is 0 Å². The maximum atomic E-state index is 9.01. The van der Waals surface area contributed by atoms with Gasteiger partial charge in [0, 0.05) is 6.61 Å². The minimum Gasteiger partial charge on any atom is -0.396 e. The van der Waals surface area contributed by atoms with E-state index >= 15 is 0 Å². The summed E-state index contributed by atoms with van der Waals surface area (Å²) in [4.78, 5) is 0. The average Bonchev–Trinajstić information content (AvgIpc) is 2.02. The van der Waals surface area contributed by atoms with Crippen LogP contribution < -0.4 is 0 Å². The van der Waals surface area contributed by atoms with Crippen LogP contribution in [0.1, 0.15) is 37.0 Å². The van der Waals surface area contributed by atoms with Crippen molar-refractivity contribution in [3.63, 3.8) is 0 Å². The fourth-order valence-electron chi connectivity index (χ4n) is 1.99. The molecule has 0 unspecified atom stereocenters. The molecule has 78 valence electrons. The van der Waals surface area contributed by atoms with E-state index in [0.717, 1.165) is 6.42 Å². The van der Waals surface area contributed by atoms with E-state index in [4.69, 9.17) is 5.11 Å². The molecule has 0 bridgehead atoms. The predicted molar refractivity (Wildman–Crippen MR) is 60.6 cm³/mol. The van der Waals surface area contributed by atoms with E-state index in [0.29, 0.717) is 0 Å². The van der Waals surface area contributed by atoms with Crippen LogP contribution in [0, 0.1) is 13.8 Å². The standard InChI is InChI=1S/C13H20O/c1-10-5-6-12(11(2)9-10)13(3,4)7-8-14/h5-6,9,14H,7-8H2,1-4H3. The van der Waals surface area contributed by atoms with Gasteiger partial charge in [0.25, 0.3) is 0 Å². The highest BCUT2D eigenvalue weighted by Gasteiger charge is 2.21. The lowest BCUT2D eigenvalue weighted by Crippen LogP contribution is -2.20. The van der Waals surface area contributed by atoms with E-state index in [1.807, 2.05) is 0 Å². The van der Waals surface area contributed by atoms with Crippen LogP contribution in [0.15, 0.2) is 18.2 Å². The monoisotopic (exact) mass is 192 g/mol. The highest BCUT2D eigenvalue weighted by atomic mass is 16.3. The highest BCUT2D eigenvalue weighted by Crippen LogP contribution is 2.29. The van der Waals surface area contributed by atoms with Crippen LogP contribution >= 0.6 is 0 Å². The molecule has 0 spiro atoms. The number of rotatable bonds is 3. The van der Waals surface area contributed by atoms with Crippen LogP contribution in [-0.4, -0.2) is 11.7 Å². The van der Waals surface area contributed by atoms with E-state index < -0.39 is 0 Å². The molecule has 0 saturated heterocycles. The van der Waals surface area contributed by atoms with Crippen LogP contribution in [-0.2, 0) is 5.41 Å². The SMILES string of the molecule is Cc1ccc(C(C)(C)CCO)c(C)c1. The molecule has 1 N–H and O–H groups in total. The first-order chi connectivity index (χ1) is 6.47. The van der Waals surface area contributed by atoms with Crippen LogP contribution in [0.4, 0.5) is 0 Å². The molecule has 0 aliphatic heterocycles. The molecule has 0 fully saturated rings. The third-order valence-corrected chi connectivity index (χ3v) is 2.85. The highest BCUT2D eigenvalue weighted by molar-refractivity contribution is 5.35. The smallest absolute Gasteiger partial charge is 0.0439 e. The Morgan fingerprint density at radius 1 is 1.21 bits per heavy atom. The van der Waals surface area contributed by atoms with Crippen molar-refractivity contribution in [3.8, 4) is 0 Å². The van der Waals surface area contributed by atoms with E-state index in [1.54, 1.807) is 0 Å². The molecule has 1 aromatic rings. The van der Waals surface area contributed by atoms with Crippen molar-refractivity contribution >= 4 is 0 Å². The summed E-state index contributed by atoms with van der Waals surface area (Å²) in [6.45, 7) is 8.86. The molecule has 0 amide bonds. The van der Waals surface area contributed by atoms with Crippen molar-refractivity contribution in [1.29, 1.82) is 0 Å². The summed E-state index contributed by atoms with van der Waals surface area (Å²) in [5, 5.41) is 9.01. The van der Waals surface area contributed by atoms with Gasteiger partial charge in [-0.3, -0.25) is 0 Å². The fraction of sp³-hybridized carbons (Fsp3) is 0.538. The second-order valence-electron chi connectivity index (χ2n) is 4.68. The lowest BCUT2D eigenvalue weighted by molar-refractivity contribution is 0.252. The third kappa shape index (κ3) is 2.36. The van der Waals surface area contributed by atoms with Crippen molar-refractivity contribution in [2.45, 2.75) is 39.5 Å².